The van der Waals surface area contributed by atoms with E-state index in [0.717, 1.165) is 12.2 Å². The van der Waals surface area contributed by atoms with E-state index in [9.17, 15) is 4.79 Å². The van der Waals surface area contributed by atoms with Gasteiger partial charge in [0.1, 0.15) is 0 Å². The number of carbonyl (C=O) groups excluding carboxylic acids is 1. The summed E-state index contributed by atoms with van der Waals surface area (Å²) in [5, 5.41) is 2.76. The molecule has 0 spiro atoms. The maximum atomic E-state index is 11.1. The molecule has 2 rings (SSSR count). The molecule has 1 aromatic rings. The van der Waals surface area contributed by atoms with E-state index in [0.29, 0.717) is 19.0 Å². The van der Waals surface area contributed by atoms with Crippen LogP contribution in [0, 0.1) is 6.92 Å². The van der Waals surface area contributed by atoms with Crippen LogP contribution in [-0.4, -0.2) is 35.5 Å². The van der Waals surface area contributed by atoms with Crippen LogP contribution in [0.3, 0.4) is 0 Å². The van der Waals surface area contributed by atoms with Crippen molar-refractivity contribution in [2.45, 2.75) is 6.92 Å². The van der Waals surface area contributed by atoms with E-state index < -0.39 is 0 Å². The maximum Gasteiger partial charge on any atom is 0.239 e. The lowest BCUT2D eigenvalue weighted by molar-refractivity contribution is -0.120. The van der Waals surface area contributed by atoms with Gasteiger partial charge in [0.15, 0.2) is 0 Å². The summed E-state index contributed by atoms with van der Waals surface area (Å²) in [4.78, 5) is 21.4. The highest BCUT2D eigenvalue weighted by molar-refractivity contribution is 5.81. The molecule has 0 saturated carbocycles. The lowest BCUT2D eigenvalue weighted by atomic mass is 10.3. The van der Waals surface area contributed by atoms with E-state index in [4.69, 9.17) is 0 Å². The Hall–Kier alpha value is -1.65. The van der Waals surface area contributed by atoms with Crippen LogP contribution in [0.25, 0.3) is 0 Å². The van der Waals surface area contributed by atoms with Gasteiger partial charge in [-0.25, -0.2) is 9.97 Å². The quantitative estimate of drug-likeness (QED) is 0.665. The zero-order chi connectivity index (χ0) is 9.97. The third-order valence-electron chi connectivity index (χ3n) is 2.10. The number of hydrogen-bond acceptors (Lipinski definition) is 4. The average molecular weight is 192 g/mol. The first-order valence-corrected chi connectivity index (χ1v) is 4.57. The van der Waals surface area contributed by atoms with Gasteiger partial charge in [0.25, 0.3) is 0 Å². The molecule has 0 aliphatic carbocycles. The number of amides is 1. The number of anilines is 1. The molecule has 0 radical (unpaired) electrons. The summed E-state index contributed by atoms with van der Waals surface area (Å²) in [6.07, 6.45) is 1.71. The standard InChI is InChI=1S/C9H12N4O/c1-7-2-3-11-9(12-7)13-5-4-10-8(14)6-13/h2-3H,4-6H2,1H3,(H,10,14). The molecule has 5 nitrogen and oxygen atoms in total. The molecule has 1 fully saturated rings. The van der Waals surface area contributed by atoms with Gasteiger partial charge in [-0.05, 0) is 13.0 Å². The van der Waals surface area contributed by atoms with Crippen molar-refractivity contribution in [3.8, 4) is 0 Å². The summed E-state index contributed by atoms with van der Waals surface area (Å²) < 4.78 is 0. The van der Waals surface area contributed by atoms with Crippen molar-refractivity contribution in [2.75, 3.05) is 24.5 Å². The summed E-state index contributed by atoms with van der Waals surface area (Å²) in [5.74, 6) is 0.668. The Morgan fingerprint density at radius 2 is 2.43 bits per heavy atom. The summed E-state index contributed by atoms with van der Waals surface area (Å²) >= 11 is 0. The van der Waals surface area contributed by atoms with E-state index in [1.54, 1.807) is 6.20 Å². The van der Waals surface area contributed by atoms with Gasteiger partial charge in [0, 0.05) is 25.0 Å². The third kappa shape index (κ3) is 1.81. The minimum atomic E-state index is 0.0290. The van der Waals surface area contributed by atoms with Gasteiger partial charge in [-0.3, -0.25) is 4.79 Å². The van der Waals surface area contributed by atoms with Gasteiger partial charge in [0.2, 0.25) is 11.9 Å². The van der Waals surface area contributed by atoms with Crippen LogP contribution in [-0.2, 0) is 4.79 Å². The van der Waals surface area contributed by atoms with Crippen LogP contribution in [0.2, 0.25) is 0 Å². The molecule has 0 bridgehead atoms. The van der Waals surface area contributed by atoms with Gasteiger partial charge in [-0.1, -0.05) is 0 Å². The number of nitrogens with one attached hydrogen (secondary N) is 1. The van der Waals surface area contributed by atoms with Crippen LogP contribution in [0.1, 0.15) is 5.69 Å². The fraction of sp³-hybridized carbons (Fsp3) is 0.444. The number of piperazine rings is 1. The Bertz CT molecular complexity index is 352. The van der Waals surface area contributed by atoms with Gasteiger partial charge in [-0.2, -0.15) is 0 Å². The molecular weight excluding hydrogens is 180 g/mol. The molecule has 1 aliphatic rings. The van der Waals surface area contributed by atoms with E-state index in [2.05, 4.69) is 15.3 Å². The minimum absolute atomic E-state index is 0.0290. The second-order valence-electron chi connectivity index (χ2n) is 3.27. The van der Waals surface area contributed by atoms with Crippen molar-refractivity contribution in [3.05, 3.63) is 18.0 Å². The molecule has 0 atom stereocenters. The van der Waals surface area contributed by atoms with Crippen molar-refractivity contribution < 1.29 is 4.79 Å². The number of carbonyl (C=O) groups is 1. The molecule has 0 unspecified atom stereocenters. The molecule has 14 heavy (non-hydrogen) atoms. The molecule has 2 heterocycles. The monoisotopic (exact) mass is 192 g/mol. The van der Waals surface area contributed by atoms with Crippen molar-refractivity contribution in [3.63, 3.8) is 0 Å². The van der Waals surface area contributed by atoms with Gasteiger partial charge >= 0.3 is 0 Å². The van der Waals surface area contributed by atoms with Crippen LogP contribution >= 0.6 is 0 Å². The molecule has 1 aliphatic heterocycles. The second-order valence-corrected chi connectivity index (χ2v) is 3.27. The predicted molar refractivity (Wildman–Crippen MR) is 52.0 cm³/mol. The number of aryl methyl sites for hydroxylation is 1. The summed E-state index contributed by atoms with van der Waals surface area (Å²) in [6, 6.07) is 1.84. The first-order valence-electron chi connectivity index (χ1n) is 4.57. The van der Waals surface area contributed by atoms with E-state index in [-0.39, 0.29) is 5.91 Å². The van der Waals surface area contributed by atoms with Crippen LogP contribution in [0.5, 0.6) is 0 Å². The highest BCUT2D eigenvalue weighted by Crippen LogP contribution is 2.07. The Morgan fingerprint density at radius 1 is 1.57 bits per heavy atom. The van der Waals surface area contributed by atoms with Gasteiger partial charge < -0.3 is 10.2 Å². The summed E-state index contributed by atoms with van der Waals surface area (Å²) in [5.41, 5.74) is 0.918. The van der Waals surface area contributed by atoms with Crippen molar-refractivity contribution in [1.29, 1.82) is 0 Å². The lowest BCUT2D eigenvalue weighted by Crippen LogP contribution is -2.48. The van der Waals surface area contributed by atoms with Crippen molar-refractivity contribution >= 4 is 11.9 Å². The zero-order valence-electron chi connectivity index (χ0n) is 8.03. The van der Waals surface area contributed by atoms with Crippen LogP contribution in [0.15, 0.2) is 12.3 Å². The highest BCUT2D eigenvalue weighted by Gasteiger charge is 2.18. The topological polar surface area (TPSA) is 58.1 Å². The maximum absolute atomic E-state index is 11.1. The second kappa shape index (κ2) is 3.61. The van der Waals surface area contributed by atoms with E-state index in [1.165, 1.54) is 0 Å². The van der Waals surface area contributed by atoms with Crippen molar-refractivity contribution in [1.82, 2.24) is 15.3 Å². The summed E-state index contributed by atoms with van der Waals surface area (Å²) in [6.45, 7) is 3.70. The number of rotatable bonds is 1. The molecule has 0 aromatic carbocycles. The van der Waals surface area contributed by atoms with Gasteiger partial charge in [-0.15, -0.1) is 0 Å². The molecule has 1 amide bonds. The van der Waals surface area contributed by atoms with E-state index in [1.807, 2.05) is 17.9 Å². The Labute approximate surface area is 82.2 Å². The minimum Gasteiger partial charge on any atom is -0.353 e. The lowest BCUT2D eigenvalue weighted by Gasteiger charge is -2.26. The van der Waals surface area contributed by atoms with E-state index >= 15 is 0 Å². The SMILES string of the molecule is Cc1ccnc(N2CCNC(=O)C2)n1. The molecule has 1 aromatic heterocycles. The zero-order valence-corrected chi connectivity index (χ0v) is 8.03. The molecule has 1 saturated heterocycles. The fourth-order valence-corrected chi connectivity index (χ4v) is 1.40. The Morgan fingerprint density at radius 3 is 3.14 bits per heavy atom. The molecule has 74 valence electrons. The average Bonchev–Trinajstić information content (AvgIpc) is 2.18. The van der Waals surface area contributed by atoms with Crippen molar-refractivity contribution in [2.24, 2.45) is 0 Å². The molecule has 1 N–H and O–H groups in total. The first-order chi connectivity index (χ1) is 6.75. The normalized spacial score (nSPS) is 16.6. The third-order valence-corrected chi connectivity index (χ3v) is 2.10. The molecular formula is C9H12N4O. The largest absolute Gasteiger partial charge is 0.353 e. The fourth-order valence-electron chi connectivity index (χ4n) is 1.40. The van der Waals surface area contributed by atoms with Gasteiger partial charge in [0.05, 0.1) is 6.54 Å². The number of hydrogen-bond donors (Lipinski definition) is 1. The molecule has 5 heteroatoms. The van der Waals surface area contributed by atoms with Crippen LogP contribution < -0.4 is 10.2 Å². The first kappa shape index (κ1) is 8.93. The number of nitrogens with zero attached hydrogens (tertiary/aromatic N) is 3. The summed E-state index contributed by atoms with van der Waals surface area (Å²) in [7, 11) is 0. The Balaban J connectivity index is 2.17. The predicted octanol–water partition coefficient (Wildman–Crippen LogP) is -0.279. The smallest absolute Gasteiger partial charge is 0.239 e. The number of aromatic nitrogens is 2. The van der Waals surface area contributed by atoms with Crippen LogP contribution in [0.4, 0.5) is 5.95 Å². The Kier molecular flexibility index (Phi) is 2.30. The highest BCUT2D eigenvalue weighted by atomic mass is 16.2.